The van der Waals surface area contributed by atoms with E-state index < -0.39 is 12.4 Å². The van der Waals surface area contributed by atoms with Gasteiger partial charge < -0.3 is 29.7 Å². The molecule has 1 rings (SSSR count). The van der Waals surface area contributed by atoms with Gasteiger partial charge >= 0.3 is 0 Å². The molecule has 0 bridgehead atoms. The van der Waals surface area contributed by atoms with Gasteiger partial charge in [-0.05, 0) is 12.1 Å². The van der Waals surface area contributed by atoms with Crippen LogP contribution < -0.4 is 10.1 Å². The molecule has 0 amide bonds. The van der Waals surface area contributed by atoms with Crippen molar-refractivity contribution in [3.63, 3.8) is 0 Å². The Labute approximate surface area is 123 Å². The van der Waals surface area contributed by atoms with Gasteiger partial charge in [0.2, 0.25) is 0 Å². The molecule has 1 aromatic carbocycles. The quantitative estimate of drug-likeness (QED) is 0.501. The lowest BCUT2D eigenvalue weighted by atomic mass is 10.1. The van der Waals surface area contributed by atoms with Crippen LogP contribution in [-0.4, -0.2) is 50.1 Å². The lowest BCUT2D eigenvalue weighted by Gasteiger charge is -2.22. The Kier molecular flexibility index (Phi) is 6.87. The number of halogens is 1. The Morgan fingerprint density at radius 2 is 1.90 bits per heavy atom. The summed E-state index contributed by atoms with van der Waals surface area (Å²) in [5.74, 6) is 0.329. The van der Waals surface area contributed by atoms with E-state index in [0.717, 1.165) is 0 Å². The van der Waals surface area contributed by atoms with Crippen LogP contribution in [0.3, 0.4) is 0 Å². The minimum absolute atomic E-state index is 0.0231. The average molecular weight is 306 g/mol. The van der Waals surface area contributed by atoms with Crippen LogP contribution in [0.1, 0.15) is 11.9 Å². The van der Waals surface area contributed by atoms with Gasteiger partial charge in [0.15, 0.2) is 17.8 Å². The van der Waals surface area contributed by atoms with Gasteiger partial charge in [0, 0.05) is 26.3 Å². The fourth-order valence-corrected chi connectivity index (χ4v) is 1.91. The first-order valence-corrected chi connectivity index (χ1v) is 6.55. The van der Waals surface area contributed by atoms with Crippen molar-refractivity contribution in [2.24, 2.45) is 0 Å². The maximum absolute atomic E-state index is 9.83. The summed E-state index contributed by atoms with van der Waals surface area (Å²) in [4.78, 5) is 0. The van der Waals surface area contributed by atoms with Gasteiger partial charge in [-0.15, -0.1) is 11.6 Å². The van der Waals surface area contributed by atoms with Crippen molar-refractivity contribution in [3.05, 3.63) is 17.7 Å². The number of benzene rings is 1. The topological polar surface area (TPSA) is 80.2 Å². The molecule has 114 valence electrons. The monoisotopic (exact) mass is 305 g/mol. The molecule has 6 nitrogen and oxygen atoms in total. The predicted octanol–water partition coefficient (Wildman–Crippen LogP) is 1.70. The Morgan fingerprint density at radius 3 is 2.40 bits per heavy atom. The van der Waals surface area contributed by atoms with E-state index in [9.17, 15) is 10.2 Å². The molecule has 0 saturated carbocycles. The predicted molar refractivity (Wildman–Crippen MR) is 76.6 cm³/mol. The Balaban J connectivity index is 3.15. The maximum atomic E-state index is 9.83. The third kappa shape index (κ3) is 3.89. The number of ether oxygens (including phenoxy) is 3. The number of phenolic OH excluding ortho intramolecular Hbond substituents is 1. The number of hydrogen-bond donors (Lipinski definition) is 3. The molecule has 0 spiro atoms. The number of aliphatic hydroxyl groups excluding tert-OH is 1. The van der Waals surface area contributed by atoms with Gasteiger partial charge in [-0.1, -0.05) is 0 Å². The summed E-state index contributed by atoms with van der Waals surface area (Å²) in [5.41, 5.74) is 1.14. The van der Waals surface area contributed by atoms with E-state index in [1.165, 1.54) is 27.4 Å². The Morgan fingerprint density at radius 1 is 1.25 bits per heavy atom. The molecule has 0 aliphatic rings. The second-order valence-corrected chi connectivity index (χ2v) is 4.38. The molecule has 7 heteroatoms. The normalized spacial score (nSPS) is 12.5. The minimum atomic E-state index is -0.722. The third-order valence-corrected chi connectivity index (χ3v) is 3.10. The maximum Gasteiger partial charge on any atom is 0.185 e. The standard InChI is InChI=1S/C13H20ClNO5/c1-18-12-10(17)5-4-9(13(19-2)20-3)11(12)15-7-8(16)6-14/h4-5,8,13,15-17H,6-7H2,1-3H3. The molecule has 0 saturated heterocycles. The van der Waals surface area contributed by atoms with Gasteiger partial charge in [0.1, 0.15) is 0 Å². The zero-order valence-electron chi connectivity index (χ0n) is 11.7. The van der Waals surface area contributed by atoms with Gasteiger partial charge in [-0.2, -0.15) is 0 Å². The van der Waals surface area contributed by atoms with Crippen LogP contribution in [0.4, 0.5) is 5.69 Å². The molecule has 1 atom stereocenters. The van der Waals surface area contributed by atoms with Gasteiger partial charge in [0.05, 0.1) is 24.8 Å². The second-order valence-electron chi connectivity index (χ2n) is 4.07. The molecule has 0 aromatic heterocycles. The zero-order chi connectivity index (χ0) is 15.1. The van der Waals surface area contributed by atoms with Crippen LogP contribution >= 0.6 is 11.6 Å². The number of rotatable bonds is 8. The Hall–Kier alpha value is -1.21. The second kappa shape index (κ2) is 8.16. The molecule has 1 aromatic rings. The highest BCUT2D eigenvalue weighted by Crippen LogP contribution is 2.40. The van der Waals surface area contributed by atoms with E-state index >= 15 is 0 Å². The fraction of sp³-hybridized carbons (Fsp3) is 0.538. The highest BCUT2D eigenvalue weighted by molar-refractivity contribution is 6.18. The summed E-state index contributed by atoms with van der Waals surface area (Å²) in [7, 11) is 4.45. The molecule has 0 aliphatic carbocycles. The number of anilines is 1. The van der Waals surface area contributed by atoms with Crippen LogP contribution in [0, 0.1) is 0 Å². The van der Waals surface area contributed by atoms with E-state index in [2.05, 4.69) is 5.32 Å². The number of phenols is 1. The molecule has 3 N–H and O–H groups in total. The van der Waals surface area contributed by atoms with Crippen molar-refractivity contribution < 1.29 is 24.4 Å². The first kappa shape index (κ1) is 16.8. The van der Waals surface area contributed by atoms with Crippen molar-refractivity contribution in [1.82, 2.24) is 0 Å². The van der Waals surface area contributed by atoms with Crippen molar-refractivity contribution in [3.8, 4) is 11.5 Å². The minimum Gasteiger partial charge on any atom is -0.504 e. The van der Waals surface area contributed by atoms with Crippen LogP contribution in [-0.2, 0) is 9.47 Å². The molecule has 0 fully saturated rings. The number of nitrogens with one attached hydrogen (secondary N) is 1. The number of alkyl halides is 1. The third-order valence-electron chi connectivity index (χ3n) is 2.75. The molecular formula is C13H20ClNO5. The largest absolute Gasteiger partial charge is 0.504 e. The summed E-state index contributed by atoms with van der Waals surface area (Å²) in [6.07, 6.45) is -1.35. The van der Waals surface area contributed by atoms with Gasteiger partial charge in [0.25, 0.3) is 0 Å². The zero-order valence-corrected chi connectivity index (χ0v) is 12.5. The smallest absolute Gasteiger partial charge is 0.185 e. The van der Waals surface area contributed by atoms with E-state index in [0.29, 0.717) is 11.3 Å². The van der Waals surface area contributed by atoms with Crippen molar-refractivity contribution in [2.75, 3.05) is 39.1 Å². The van der Waals surface area contributed by atoms with E-state index in [4.69, 9.17) is 25.8 Å². The number of hydrogen-bond acceptors (Lipinski definition) is 6. The molecule has 1 unspecified atom stereocenters. The summed E-state index contributed by atoms with van der Waals surface area (Å²) >= 11 is 5.56. The number of methoxy groups -OCH3 is 3. The van der Waals surface area contributed by atoms with Gasteiger partial charge in [-0.25, -0.2) is 0 Å². The fourth-order valence-electron chi connectivity index (χ4n) is 1.80. The van der Waals surface area contributed by atoms with Crippen LogP contribution in [0.2, 0.25) is 0 Å². The first-order valence-electron chi connectivity index (χ1n) is 6.02. The number of aromatic hydroxyl groups is 1. The molecule has 0 radical (unpaired) electrons. The summed E-state index contributed by atoms with van der Waals surface area (Å²) in [6, 6.07) is 3.15. The molecule has 0 aliphatic heterocycles. The van der Waals surface area contributed by atoms with Crippen molar-refractivity contribution in [1.29, 1.82) is 0 Å². The molecule has 20 heavy (non-hydrogen) atoms. The van der Waals surface area contributed by atoms with Gasteiger partial charge in [-0.3, -0.25) is 0 Å². The average Bonchev–Trinajstić information content (AvgIpc) is 2.47. The highest BCUT2D eigenvalue weighted by atomic mass is 35.5. The van der Waals surface area contributed by atoms with E-state index in [1.807, 2.05) is 0 Å². The van der Waals surface area contributed by atoms with Crippen LogP contribution in [0.25, 0.3) is 0 Å². The molecule has 0 heterocycles. The van der Waals surface area contributed by atoms with Crippen molar-refractivity contribution in [2.45, 2.75) is 12.4 Å². The van der Waals surface area contributed by atoms with E-state index in [1.54, 1.807) is 6.07 Å². The van der Waals surface area contributed by atoms with Crippen molar-refractivity contribution >= 4 is 17.3 Å². The lowest BCUT2D eigenvalue weighted by molar-refractivity contribution is -0.105. The molecular weight excluding hydrogens is 286 g/mol. The van der Waals surface area contributed by atoms with Crippen LogP contribution in [0.15, 0.2) is 12.1 Å². The SMILES string of the molecule is COc1c(O)ccc(C(OC)OC)c1NCC(O)CCl. The highest BCUT2D eigenvalue weighted by Gasteiger charge is 2.21. The lowest BCUT2D eigenvalue weighted by Crippen LogP contribution is -2.22. The Bertz CT molecular complexity index is 425. The summed E-state index contributed by atoms with van der Waals surface area (Å²) in [6.45, 7) is 0.205. The first-order chi connectivity index (χ1) is 9.58. The number of aliphatic hydroxyl groups is 1. The summed E-state index contributed by atoms with van der Waals surface area (Å²) < 4.78 is 15.6. The van der Waals surface area contributed by atoms with Crippen LogP contribution in [0.5, 0.6) is 11.5 Å². The summed E-state index contributed by atoms with van der Waals surface area (Å²) in [5, 5.41) is 22.4. The van der Waals surface area contributed by atoms with E-state index in [-0.39, 0.29) is 23.9 Å².